The molecule has 4 N–H and O–H groups in total. The van der Waals surface area contributed by atoms with Crippen LogP contribution < -0.4 is 11.5 Å². The predicted molar refractivity (Wildman–Crippen MR) is 56.9 cm³/mol. The molecule has 0 amide bonds. The molecule has 0 unspecified atom stereocenters. The zero-order chi connectivity index (χ0) is 9.68. The van der Waals surface area contributed by atoms with Gasteiger partial charge in [-0.1, -0.05) is 30.9 Å². The van der Waals surface area contributed by atoms with Crippen molar-refractivity contribution in [3.05, 3.63) is 47.7 Å². The highest BCUT2D eigenvalue weighted by Gasteiger charge is 2.07. The molecule has 0 atom stereocenters. The van der Waals surface area contributed by atoms with E-state index in [0.29, 0.717) is 6.54 Å². The predicted octanol–water partition coefficient (Wildman–Crippen LogP) is 1.62. The molecule has 0 spiro atoms. The fraction of sp³-hybridized carbons (Fsp3) is 0.273. The van der Waals surface area contributed by atoms with Crippen LogP contribution in [0, 0.1) is 0 Å². The third-order valence-electron chi connectivity index (χ3n) is 2.10. The van der Waals surface area contributed by atoms with Gasteiger partial charge in [-0.15, -0.1) is 0 Å². The summed E-state index contributed by atoms with van der Waals surface area (Å²) in [7, 11) is 0. The molecule has 0 saturated carbocycles. The number of rotatable bonds is 3. The van der Waals surface area contributed by atoms with Crippen molar-refractivity contribution in [3.63, 3.8) is 0 Å². The van der Waals surface area contributed by atoms with Gasteiger partial charge in [0.2, 0.25) is 0 Å². The molecular weight excluding hydrogens is 160 g/mol. The first kappa shape index (κ1) is 9.81. The molecule has 0 aromatic carbocycles. The van der Waals surface area contributed by atoms with Crippen molar-refractivity contribution >= 4 is 0 Å². The first-order chi connectivity index (χ1) is 6.29. The van der Waals surface area contributed by atoms with Crippen molar-refractivity contribution in [2.75, 3.05) is 6.54 Å². The van der Waals surface area contributed by atoms with Crippen LogP contribution in [0.3, 0.4) is 0 Å². The van der Waals surface area contributed by atoms with E-state index in [1.807, 2.05) is 12.2 Å². The van der Waals surface area contributed by atoms with E-state index in [9.17, 15) is 0 Å². The molecule has 0 fully saturated rings. The third kappa shape index (κ3) is 2.33. The lowest BCUT2D eigenvalue weighted by atomic mass is 9.96. The van der Waals surface area contributed by atoms with E-state index in [-0.39, 0.29) is 0 Å². The Morgan fingerprint density at radius 2 is 2.38 bits per heavy atom. The minimum atomic E-state index is 0.506. The average Bonchev–Trinajstić information content (AvgIpc) is 2.16. The lowest BCUT2D eigenvalue weighted by Gasteiger charge is -2.13. The summed E-state index contributed by atoms with van der Waals surface area (Å²) >= 11 is 0. The summed E-state index contributed by atoms with van der Waals surface area (Å²) in [5, 5.41) is 0. The van der Waals surface area contributed by atoms with E-state index in [0.717, 1.165) is 29.7 Å². The van der Waals surface area contributed by atoms with Crippen LogP contribution in [0.15, 0.2) is 47.7 Å². The molecule has 1 rings (SSSR count). The van der Waals surface area contributed by atoms with Gasteiger partial charge in [0.25, 0.3) is 0 Å². The Bertz CT molecular complexity index is 282. The van der Waals surface area contributed by atoms with Crippen LogP contribution >= 0.6 is 0 Å². The molecule has 13 heavy (non-hydrogen) atoms. The summed E-state index contributed by atoms with van der Waals surface area (Å²) in [5.41, 5.74) is 14.6. The van der Waals surface area contributed by atoms with Crippen molar-refractivity contribution < 1.29 is 0 Å². The topological polar surface area (TPSA) is 52.0 Å². The SMILES string of the molecule is C=C/C=C(/CN)C1=C(N)CCC=C1. The molecule has 0 aliphatic heterocycles. The monoisotopic (exact) mass is 176 g/mol. The van der Waals surface area contributed by atoms with E-state index in [1.54, 1.807) is 6.08 Å². The molecule has 1 aliphatic carbocycles. The van der Waals surface area contributed by atoms with Crippen molar-refractivity contribution in [1.29, 1.82) is 0 Å². The second kappa shape index (κ2) is 4.67. The lowest BCUT2D eigenvalue weighted by Crippen LogP contribution is -2.11. The van der Waals surface area contributed by atoms with Gasteiger partial charge in [-0.2, -0.15) is 0 Å². The Balaban J connectivity index is 2.96. The highest BCUT2D eigenvalue weighted by molar-refractivity contribution is 5.46. The zero-order valence-corrected chi connectivity index (χ0v) is 7.79. The van der Waals surface area contributed by atoms with Crippen LogP contribution in [0.25, 0.3) is 0 Å². The van der Waals surface area contributed by atoms with Crippen molar-refractivity contribution in [2.45, 2.75) is 12.8 Å². The van der Waals surface area contributed by atoms with Gasteiger partial charge in [0.1, 0.15) is 0 Å². The van der Waals surface area contributed by atoms with Gasteiger partial charge in [-0.25, -0.2) is 0 Å². The average molecular weight is 176 g/mol. The molecule has 0 saturated heterocycles. The number of hydrogen-bond acceptors (Lipinski definition) is 2. The van der Waals surface area contributed by atoms with Crippen molar-refractivity contribution in [1.82, 2.24) is 0 Å². The van der Waals surface area contributed by atoms with Gasteiger partial charge in [-0.05, 0) is 24.0 Å². The highest BCUT2D eigenvalue weighted by Crippen LogP contribution is 2.20. The van der Waals surface area contributed by atoms with Gasteiger partial charge in [0.05, 0.1) is 0 Å². The minimum Gasteiger partial charge on any atom is -0.402 e. The van der Waals surface area contributed by atoms with Crippen LogP contribution in [0.4, 0.5) is 0 Å². The second-order valence-electron chi connectivity index (χ2n) is 3.01. The normalized spacial score (nSPS) is 17.8. The maximum atomic E-state index is 5.88. The van der Waals surface area contributed by atoms with E-state index in [1.165, 1.54) is 0 Å². The van der Waals surface area contributed by atoms with E-state index in [2.05, 4.69) is 12.7 Å². The number of allylic oxidation sites excluding steroid dienone is 5. The maximum Gasteiger partial charge on any atom is 0.0184 e. The van der Waals surface area contributed by atoms with E-state index >= 15 is 0 Å². The van der Waals surface area contributed by atoms with Crippen LogP contribution in [0.2, 0.25) is 0 Å². The molecule has 0 bridgehead atoms. The molecule has 1 aliphatic rings. The third-order valence-corrected chi connectivity index (χ3v) is 2.10. The lowest BCUT2D eigenvalue weighted by molar-refractivity contribution is 0.919. The fourth-order valence-corrected chi connectivity index (χ4v) is 1.41. The summed E-state index contributed by atoms with van der Waals surface area (Å²) < 4.78 is 0. The fourth-order valence-electron chi connectivity index (χ4n) is 1.41. The molecule has 0 aromatic heterocycles. The largest absolute Gasteiger partial charge is 0.402 e. The number of nitrogens with two attached hydrogens (primary N) is 2. The Morgan fingerprint density at radius 3 is 2.92 bits per heavy atom. The molecule has 70 valence electrons. The summed E-state index contributed by atoms with van der Waals surface area (Å²) in [6.45, 7) is 4.16. The molecule has 0 aromatic rings. The standard InChI is InChI=1S/C11H16N2/c1-2-5-9(8-12)10-6-3-4-7-11(10)13/h2-3,5-6H,1,4,7-8,12-13H2/b9-5-. The van der Waals surface area contributed by atoms with E-state index < -0.39 is 0 Å². The van der Waals surface area contributed by atoms with Gasteiger partial charge in [0, 0.05) is 12.2 Å². The second-order valence-corrected chi connectivity index (χ2v) is 3.01. The van der Waals surface area contributed by atoms with Crippen LogP contribution in [0.5, 0.6) is 0 Å². The molecular formula is C11H16N2. The number of hydrogen-bond donors (Lipinski definition) is 2. The quantitative estimate of drug-likeness (QED) is 0.642. The van der Waals surface area contributed by atoms with Gasteiger partial charge in [-0.3, -0.25) is 0 Å². The molecule has 0 heterocycles. The van der Waals surface area contributed by atoms with E-state index in [4.69, 9.17) is 11.5 Å². The molecule has 0 radical (unpaired) electrons. The summed E-state index contributed by atoms with van der Waals surface area (Å²) in [6, 6.07) is 0. The van der Waals surface area contributed by atoms with Gasteiger partial charge in [0.15, 0.2) is 0 Å². The summed E-state index contributed by atoms with van der Waals surface area (Å²) in [4.78, 5) is 0. The zero-order valence-electron chi connectivity index (χ0n) is 7.79. The summed E-state index contributed by atoms with van der Waals surface area (Å²) in [5.74, 6) is 0. The Labute approximate surface area is 79.3 Å². The first-order valence-corrected chi connectivity index (χ1v) is 4.46. The Morgan fingerprint density at radius 1 is 1.62 bits per heavy atom. The smallest absolute Gasteiger partial charge is 0.0184 e. The van der Waals surface area contributed by atoms with Gasteiger partial charge < -0.3 is 11.5 Å². The molecule has 2 nitrogen and oxygen atoms in total. The van der Waals surface area contributed by atoms with Crippen LogP contribution in [-0.4, -0.2) is 6.54 Å². The van der Waals surface area contributed by atoms with Crippen LogP contribution in [0.1, 0.15) is 12.8 Å². The Hall–Kier alpha value is -1.28. The van der Waals surface area contributed by atoms with Crippen molar-refractivity contribution in [3.8, 4) is 0 Å². The maximum absolute atomic E-state index is 5.88. The minimum absolute atomic E-state index is 0.506. The molecule has 2 heteroatoms. The van der Waals surface area contributed by atoms with Crippen molar-refractivity contribution in [2.24, 2.45) is 11.5 Å². The van der Waals surface area contributed by atoms with Crippen LogP contribution in [-0.2, 0) is 0 Å². The highest BCUT2D eigenvalue weighted by atomic mass is 14.6. The first-order valence-electron chi connectivity index (χ1n) is 4.46. The summed E-state index contributed by atoms with van der Waals surface area (Å²) in [6.07, 6.45) is 9.78. The Kier molecular flexibility index (Phi) is 3.53. The van der Waals surface area contributed by atoms with Gasteiger partial charge >= 0.3 is 0 Å².